The van der Waals surface area contributed by atoms with Gasteiger partial charge in [0.15, 0.2) is 5.17 Å². The van der Waals surface area contributed by atoms with E-state index in [-0.39, 0.29) is 0 Å². The lowest BCUT2D eigenvalue weighted by molar-refractivity contribution is 0.513. The predicted octanol–water partition coefficient (Wildman–Crippen LogP) is 2.26. The van der Waals surface area contributed by atoms with Gasteiger partial charge in [-0.2, -0.15) is 0 Å². The molecule has 13 heavy (non-hydrogen) atoms. The number of hydrogen-bond acceptors (Lipinski definition) is 3. The van der Waals surface area contributed by atoms with Crippen LogP contribution in [0.1, 0.15) is 32.6 Å². The third-order valence-electron chi connectivity index (χ3n) is 2.72. The third-order valence-corrected chi connectivity index (χ3v) is 3.63. The van der Waals surface area contributed by atoms with Gasteiger partial charge in [-0.1, -0.05) is 31.5 Å². The van der Waals surface area contributed by atoms with Crippen LogP contribution in [-0.2, 0) is 0 Å². The molecule has 0 bridgehead atoms. The third kappa shape index (κ3) is 2.90. The van der Waals surface area contributed by atoms with Crippen molar-refractivity contribution in [2.45, 2.75) is 38.6 Å². The zero-order valence-electron chi connectivity index (χ0n) is 8.25. The Labute approximate surface area is 84.6 Å². The highest BCUT2D eigenvalue weighted by molar-refractivity contribution is 8.14. The lowest BCUT2D eigenvalue weighted by Crippen LogP contribution is -2.32. The van der Waals surface area contributed by atoms with Crippen molar-refractivity contribution in [2.24, 2.45) is 10.9 Å². The van der Waals surface area contributed by atoms with E-state index in [2.05, 4.69) is 17.2 Å². The molecule has 74 valence electrons. The van der Waals surface area contributed by atoms with Crippen molar-refractivity contribution in [2.75, 3.05) is 12.3 Å². The molecule has 0 amide bonds. The number of nitrogens with one attached hydrogen (secondary N) is 1. The van der Waals surface area contributed by atoms with Crippen LogP contribution in [0.3, 0.4) is 0 Å². The molecule has 0 radical (unpaired) electrons. The summed E-state index contributed by atoms with van der Waals surface area (Å²) in [5.74, 6) is 2.19. The summed E-state index contributed by atoms with van der Waals surface area (Å²) in [5.41, 5.74) is 0. The van der Waals surface area contributed by atoms with Gasteiger partial charge in [0.25, 0.3) is 0 Å². The normalized spacial score (nSPS) is 24.2. The molecule has 2 aliphatic rings. The molecule has 2 nitrogen and oxygen atoms in total. The largest absolute Gasteiger partial charge is 0.362 e. The second-order valence-electron chi connectivity index (χ2n) is 3.96. The van der Waals surface area contributed by atoms with Crippen molar-refractivity contribution in [3.8, 4) is 0 Å². The Balaban J connectivity index is 1.75. The molecule has 1 fully saturated rings. The van der Waals surface area contributed by atoms with E-state index in [0.29, 0.717) is 6.04 Å². The number of amidine groups is 1. The number of nitrogens with zero attached hydrogens (tertiary/aromatic N) is 1. The van der Waals surface area contributed by atoms with Gasteiger partial charge in [0, 0.05) is 11.8 Å². The summed E-state index contributed by atoms with van der Waals surface area (Å²) >= 11 is 1.87. The molecule has 0 aromatic rings. The average Bonchev–Trinajstić information content (AvgIpc) is 2.80. The minimum Gasteiger partial charge on any atom is -0.362 e. The van der Waals surface area contributed by atoms with Gasteiger partial charge in [0.2, 0.25) is 0 Å². The van der Waals surface area contributed by atoms with Crippen LogP contribution < -0.4 is 5.32 Å². The fourth-order valence-corrected chi connectivity index (χ4v) is 2.49. The molecular weight excluding hydrogens is 180 g/mol. The molecule has 0 saturated heterocycles. The fourth-order valence-electron chi connectivity index (χ4n) is 1.68. The van der Waals surface area contributed by atoms with Crippen molar-refractivity contribution in [3.05, 3.63) is 0 Å². The maximum Gasteiger partial charge on any atom is 0.156 e. The number of rotatable bonds is 4. The Kier molecular flexibility index (Phi) is 3.14. The summed E-state index contributed by atoms with van der Waals surface area (Å²) in [7, 11) is 0. The van der Waals surface area contributed by atoms with Gasteiger partial charge in [0.1, 0.15) is 0 Å². The molecule has 1 N–H and O–H groups in total. The first-order valence-electron chi connectivity index (χ1n) is 5.32. The lowest BCUT2D eigenvalue weighted by Gasteiger charge is -2.16. The van der Waals surface area contributed by atoms with Crippen LogP contribution in [0.4, 0.5) is 0 Å². The Morgan fingerprint density at radius 2 is 2.46 bits per heavy atom. The lowest BCUT2D eigenvalue weighted by atomic mass is 10.1. The van der Waals surface area contributed by atoms with Gasteiger partial charge in [0.05, 0.1) is 6.54 Å². The molecule has 1 saturated carbocycles. The first kappa shape index (κ1) is 9.38. The molecule has 0 spiro atoms. The smallest absolute Gasteiger partial charge is 0.156 e. The van der Waals surface area contributed by atoms with E-state index < -0.39 is 0 Å². The van der Waals surface area contributed by atoms with Crippen LogP contribution >= 0.6 is 11.8 Å². The van der Waals surface area contributed by atoms with Crippen LogP contribution in [0, 0.1) is 5.92 Å². The molecule has 1 aliphatic heterocycles. The van der Waals surface area contributed by atoms with E-state index in [1.54, 1.807) is 0 Å². The van der Waals surface area contributed by atoms with Crippen molar-refractivity contribution in [1.29, 1.82) is 0 Å². The topological polar surface area (TPSA) is 24.4 Å². The quantitative estimate of drug-likeness (QED) is 0.749. The second-order valence-corrected chi connectivity index (χ2v) is 5.05. The molecule has 1 heterocycles. The van der Waals surface area contributed by atoms with Crippen LogP contribution in [0.25, 0.3) is 0 Å². The summed E-state index contributed by atoms with van der Waals surface area (Å²) in [4.78, 5) is 4.42. The van der Waals surface area contributed by atoms with Crippen molar-refractivity contribution < 1.29 is 0 Å². The minimum atomic E-state index is 0.678. The van der Waals surface area contributed by atoms with Crippen molar-refractivity contribution in [3.63, 3.8) is 0 Å². The highest BCUT2D eigenvalue weighted by atomic mass is 32.2. The summed E-state index contributed by atoms with van der Waals surface area (Å²) in [6.45, 7) is 3.27. The summed E-state index contributed by atoms with van der Waals surface area (Å²) in [6.07, 6.45) is 5.50. The molecule has 0 aromatic carbocycles. The summed E-state index contributed by atoms with van der Waals surface area (Å²) < 4.78 is 0. The highest BCUT2D eigenvalue weighted by Gasteiger charge is 2.25. The van der Waals surface area contributed by atoms with E-state index in [4.69, 9.17) is 0 Å². The minimum absolute atomic E-state index is 0.678. The highest BCUT2D eigenvalue weighted by Crippen LogP contribution is 2.34. The second kappa shape index (κ2) is 4.36. The SMILES string of the molecule is CCC(CC1CC1)NC1=NCCS1. The molecule has 3 heteroatoms. The van der Waals surface area contributed by atoms with E-state index in [1.807, 2.05) is 11.8 Å². The van der Waals surface area contributed by atoms with Crippen LogP contribution in [-0.4, -0.2) is 23.5 Å². The van der Waals surface area contributed by atoms with Crippen molar-refractivity contribution >= 4 is 16.9 Å². The summed E-state index contributed by atoms with van der Waals surface area (Å²) in [5, 5.41) is 4.74. The molecule has 0 aromatic heterocycles. The van der Waals surface area contributed by atoms with Gasteiger partial charge in [-0.05, 0) is 18.8 Å². The molecule has 1 aliphatic carbocycles. The van der Waals surface area contributed by atoms with Gasteiger partial charge >= 0.3 is 0 Å². The molecule has 2 rings (SSSR count). The first-order valence-corrected chi connectivity index (χ1v) is 6.31. The van der Waals surface area contributed by atoms with Gasteiger partial charge in [-0.15, -0.1) is 0 Å². The first-order chi connectivity index (χ1) is 6.38. The zero-order valence-corrected chi connectivity index (χ0v) is 9.07. The number of aliphatic imine (C=N–C) groups is 1. The summed E-state index contributed by atoms with van der Waals surface area (Å²) in [6, 6.07) is 0.678. The van der Waals surface area contributed by atoms with Crippen LogP contribution in [0.2, 0.25) is 0 Å². The van der Waals surface area contributed by atoms with Gasteiger partial charge in [-0.3, -0.25) is 4.99 Å². The monoisotopic (exact) mass is 198 g/mol. The van der Waals surface area contributed by atoms with E-state index >= 15 is 0 Å². The molecular formula is C10H18N2S. The predicted molar refractivity (Wildman–Crippen MR) is 59.3 cm³/mol. The number of thioether (sulfide) groups is 1. The van der Waals surface area contributed by atoms with E-state index in [9.17, 15) is 0 Å². The zero-order chi connectivity index (χ0) is 9.10. The number of hydrogen-bond donors (Lipinski definition) is 1. The maximum absolute atomic E-state index is 4.42. The fraction of sp³-hybridized carbons (Fsp3) is 0.900. The van der Waals surface area contributed by atoms with Gasteiger partial charge < -0.3 is 5.32 Å². The molecule has 1 unspecified atom stereocenters. The Morgan fingerprint density at radius 1 is 1.62 bits per heavy atom. The van der Waals surface area contributed by atoms with Crippen molar-refractivity contribution in [1.82, 2.24) is 5.32 Å². The van der Waals surface area contributed by atoms with Crippen LogP contribution in [0.5, 0.6) is 0 Å². The van der Waals surface area contributed by atoms with Gasteiger partial charge in [-0.25, -0.2) is 0 Å². The van der Waals surface area contributed by atoms with Crippen LogP contribution in [0.15, 0.2) is 4.99 Å². The van der Waals surface area contributed by atoms with E-state index in [1.165, 1.54) is 36.6 Å². The Morgan fingerprint density at radius 3 is 3.00 bits per heavy atom. The molecule has 1 atom stereocenters. The maximum atomic E-state index is 4.42. The average molecular weight is 198 g/mol. The van der Waals surface area contributed by atoms with E-state index in [0.717, 1.165) is 12.5 Å². The standard InChI is InChI=1S/C10H18N2S/c1-2-9(7-8-3-4-8)12-10-11-5-6-13-10/h8-9H,2-7H2,1H3,(H,11,12). The Hall–Kier alpha value is -0.180. The Bertz CT molecular complexity index is 199.